The molecule has 2 rings (SSSR count). The summed E-state index contributed by atoms with van der Waals surface area (Å²) in [6.07, 6.45) is 5.32. The highest BCUT2D eigenvalue weighted by Crippen LogP contribution is 2.34. The molecule has 1 aromatic carbocycles. The van der Waals surface area contributed by atoms with Crippen LogP contribution in [0.4, 0.5) is 5.69 Å². The van der Waals surface area contributed by atoms with Gasteiger partial charge in [-0.1, -0.05) is 39.3 Å². The number of nitrogens with one attached hydrogen (secondary N) is 1. The average molecular weight is 274 g/mol. The number of benzene rings is 1. The minimum atomic E-state index is 0.544. The van der Waals surface area contributed by atoms with Crippen LogP contribution in [0.15, 0.2) is 18.2 Å². The van der Waals surface area contributed by atoms with Crippen LogP contribution in [0, 0.1) is 6.92 Å². The summed E-state index contributed by atoms with van der Waals surface area (Å²) in [5, 5.41) is 3.49. The highest BCUT2D eigenvalue weighted by Gasteiger charge is 2.29. The maximum absolute atomic E-state index is 3.49. The quantitative estimate of drug-likeness (QED) is 0.762. The third-order valence-electron chi connectivity index (χ3n) is 4.03. The largest absolute Gasteiger partial charge is 0.368 e. The average Bonchev–Trinajstić information content (AvgIpc) is 3.23. The summed E-state index contributed by atoms with van der Waals surface area (Å²) in [6.45, 7) is 11.1. The zero-order valence-corrected chi connectivity index (χ0v) is 13.6. The molecule has 0 aromatic heterocycles. The van der Waals surface area contributed by atoms with Gasteiger partial charge >= 0.3 is 0 Å². The highest BCUT2D eigenvalue weighted by atomic mass is 15.2. The summed E-state index contributed by atoms with van der Waals surface area (Å²) >= 11 is 0. The van der Waals surface area contributed by atoms with Crippen LogP contribution < -0.4 is 10.2 Å². The first-order valence-electron chi connectivity index (χ1n) is 8.21. The van der Waals surface area contributed by atoms with Gasteiger partial charge < -0.3 is 10.2 Å². The lowest BCUT2D eigenvalue weighted by molar-refractivity contribution is 0.588. The fraction of sp³-hybridized carbons (Fsp3) is 0.667. The zero-order valence-electron chi connectivity index (χ0n) is 13.6. The first-order valence-corrected chi connectivity index (χ1v) is 8.21. The van der Waals surface area contributed by atoms with E-state index in [-0.39, 0.29) is 0 Å². The van der Waals surface area contributed by atoms with Gasteiger partial charge in [-0.2, -0.15) is 0 Å². The first-order chi connectivity index (χ1) is 9.61. The third-order valence-corrected chi connectivity index (χ3v) is 4.03. The van der Waals surface area contributed by atoms with Crippen LogP contribution in [0.5, 0.6) is 0 Å². The van der Waals surface area contributed by atoms with E-state index in [1.165, 1.54) is 49.0 Å². The molecular weight excluding hydrogens is 244 g/mol. The summed E-state index contributed by atoms with van der Waals surface area (Å²) in [5.74, 6) is 0. The molecule has 1 N–H and O–H groups in total. The number of aryl methyl sites for hydroxylation is 1. The predicted octanol–water partition coefficient (Wildman–Crippen LogP) is 4.26. The molecule has 1 aromatic rings. The third kappa shape index (κ3) is 4.24. The Hall–Kier alpha value is -1.02. The van der Waals surface area contributed by atoms with Crippen molar-refractivity contribution < 1.29 is 0 Å². The van der Waals surface area contributed by atoms with Crippen LogP contribution in [0.25, 0.3) is 0 Å². The van der Waals surface area contributed by atoms with Gasteiger partial charge in [-0.15, -0.1) is 0 Å². The SMILES string of the molecule is CCCCN(c1ccc(CNC(C)C)cc1C)C1CC1. The van der Waals surface area contributed by atoms with E-state index >= 15 is 0 Å². The molecule has 0 spiro atoms. The molecule has 0 amide bonds. The molecule has 0 unspecified atom stereocenters. The van der Waals surface area contributed by atoms with E-state index in [0.717, 1.165) is 12.6 Å². The molecule has 0 atom stereocenters. The number of hydrogen-bond donors (Lipinski definition) is 1. The fourth-order valence-electron chi connectivity index (χ4n) is 2.69. The maximum atomic E-state index is 3.49. The molecule has 1 aliphatic carbocycles. The Morgan fingerprint density at radius 1 is 1.30 bits per heavy atom. The van der Waals surface area contributed by atoms with Crippen molar-refractivity contribution in [3.8, 4) is 0 Å². The van der Waals surface area contributed by atoms with Crippen molar-refractivity contribution >= 4 is 5.69 Å². The molecule has 1 aliphatic rings. The normalized spacial score (nSPS) is 14.8. The van der Waals surface area contributed by atoms with Crippen molar-refractivity contribution in [1.29, 1.82) is 0 Å². The van der Waals surface area contributed by atoms with Crippen molar-refractivity contribution in [2.24, 2.45) is 0 Å². The summed E-state index contributed by atoms with van der Waals surface area (Å²) in [4.78, 5) is 2.64. The smallest absolute Gasteiger partial charge is 0.0398 e. The van der Waals surface area contributed by atoms with Crippen molar-refractivity contribution in [2.45, 2.75) is 72.0 Å². The van der Waals surface area contributed by atoms with Gasteiger partial charge in [0.1, 0.15) is 0 Å². The Labute approximate surface area is 124 Å². The molecule has 0 heterocycles. The second-order valence-corrected chi connectivity index (χ2v) is 6.43. The second kappa shape index (κ2) is 7.12. The standard InChI is InChI=1S/C18H30N2/c1-5-6-11-20(17-8-9-17)18-10-7-16(12-15(18)4)13-19-14(2)3/h7,10,12,14,17,19H,5-6,8-9,11,13H2,1-4H3. The van der Waals surface area contributed by atoms with Gasteiger partial charge in [0, 0.05) is 30.9 Å². The van der Waals surface area contributed by atoms with E-state index in [2.05, 4.69) is 56.1 Å². The van der Waals surface area contributed by atoms with Crippen LogP contribution in [0.3, 0.4) is 0 Å². The summed E-state index contributed by atoms with van der Waals surface area (Å²) < 4.78 is 0. The molecule has 0 saturated heterocycles. The number of rotatable bonds is 8. The lowest BCUT2D eigenvalue weighted by atomic mass is 10.1. The van der Waals surface area contributed by atoms with E-state index < -0.39 is 0 Å². The van der Waals surface area contributed by atoms with Gasteiger partial charge in [0.15, 0.2) is 0 Å². The van der Waals surface area contributed by atoms with Crippen molar-refractivity contribution in [2.75, 3.05) is 11.4 Å². The molecule has 2 heteroatoms. The first kappa shape index (κ1) is 15.4. The molecule has 0 radical (unpaired) electrons. The predicted molar refractivity (Wildman–Crippen MR) is 88.4 cm³/mol. The van der Waals surface area contributed by atoms with Crippen LogP contribution in [-0.2, 0) is 6.54 Å². The zero-order chi connectivity index (χ0) is 14.5. The maximum Gasteiger partial charge on any atom is 0.0398 e. The van der Waals surface area contributed by atoms with E-state index in [9.17, 15) is 0 Å². The summed E-state index contributed by atoms with van der Waals surface area (Å²) in [7, 11) is 0. The van der Waals surface area contributed by atoms with Gasteiger partial charge in [-0.3, -0.25) is 0 Å². The van der Waals surface area contributed by atoms with E-state index in [0.29, 0.717) is 6.04 Å². The van der Waals surface area contributed by atoms with Crippen LogP contribution >= 0.6 is 0 Å². The van der Waals surface area contributed by atoms with Gasteiger partial charge in [0.25, 0.3) is 0 Å². The van der Waals surface area contributed by atoms with Crippen molar-refractivity contribution in [3.63, 3.8) is 0 Å². The fourth-order valence-corrected chi connectivity index (χ4v) is 2.69. The number of unbranched alkanes of at least 4 members (excludes halogenated alkanes) is 1. The summed E-state index contributed by atoms with van der Waals surface area (Å²) in [6, 6.07) is 8.33. The molecular formula is C18H30N2. The van der Waals surface area contributed by atoms with Gasteiger partial charge in [-0.05, 0) is 43.4 Å². The minimum Gasteiger partial charge on any atom is -0.368 e. The minimum absolute atomic E-state index is 0.544. The highest BCUT2D eigenvalue weighted by molar-refractivity contribution is 5.56. The van der Waals surface area contributed by atoms with Crippen LogP contribution in [0.1, 0.15) is 57.6 Å². The Balaban J connectivity index is 2.06. The number of hydrogen-bond acceptors (Lipinski definition) is 2. The Bertz CT molecular complexity index is 421. The Morgan fingerprint density at radius 2 is 2.05 bits per heavy atom. The van der Waals surface area contributed by atoms with E-state index in [1.54, 1.807) is 0 Å². The molecule has 0 bridgehead atoms. The van der Waals surface area contributed by atoms with Crippen molar-refractivity contribution in [3.05, 3.63) is 29.3 Å². The molecule has 20 heavy (non-hydrogen) atoms. The monoisotopic (exact) mass is 274 g/mol. The van der Waals surface area contributed by atoms with Crippen LogP contribution in [-0.4, -0.2) is 18.6 Å². The Kier molecular flexibility index (Phi) is 5.47. The molecule has 2 nitrogen and oxygen atoms in total. The lowest BCUT2D eigenvalue weighted by Crippen LogP contribution is -2.27. The molecule has 1 saturated carbocycles. The number of nitrogens with zero attached hydrogens (tertiary/aromatic N) is 1. The van der Waals surface area contributed by atoms with Gasteiger partial charge in [0.05, 0.1) is 0 Å². The molecule has 112 valence electrons. The second-order valence-electron chi connectivity index (χ2n) is 6.43. The van der Waals surface area contributed by atoms with E-state index in [1.807, 2.05) is 0 Å². The summed E-state index contributed by atoms with van der Waals surface area (Å²) in [5.41, 5.74) is 4.27. The van der Waals surface area contributed by atoms with E-state index in [4.69, 9.17) is 0 Å². The molecule has 0 aliphatic heterocycles. The topological polar surface area (TPSA) is 15.3 Å². The lowest BCUT2D eigenvalue weighted by Gasteiger charge is -2.27. The van der Waals surface area contributed by atoms with Crippen molar-refractivity contribution in [1.82, 2.24) is 5.32 Å². The molecule has 1 fully saturated rings. The van der Waals surface area contributed by atoms with Crippen LogP contribution in [0.2, 0.25) is 0 Å². The number of anilines is 1. The van der Waals surface area contributed by atoms with Gasteiger partial charge in [0.2, 0.25) is 0 Å². The Morgan fingerprint density at radius 3 is 2.60 bits per heavy atom. The van der Waals surface area contributed by atoms with Gasteiger partial charge in [-0.25, -0.2) is 0 Å².